The molecule has 0 rings (SSSR count). The maximum atomic E-state index is 12.2. The molecule has 7 nitrogen and oxygen atoms in total. The van der Waals surface area contributed by atoms with Crippen LogP contribution >= 0.6 is 0 Å². The van der Waals surface area contributed by atoms with Crippen LogP contribution in [0.5, 0.6) is 0 Å². The smallest absolute Gasteiger partial charge is 0.364 e. The summed E-state index contributed by atoms with van der Waals surface area (Å²) in [6.45, 7) is 16.2. The van der Waals surface area contributed by atoms with Crippen LogP contribution in [0.4, 0.5) is 0 Å². The van der Waals surface area contributed by atoms with Gasteiger partial charge in [0.05, 0.1) is 6.61 Å². The monoisotopic (exact) mass is 345 g/mol. The van der Waals surface area contributed by atoms with Crippen LogP contribution in [0.25, 0.3) is 0 Å². The van der Waals surface area contributed by atoms with Crippen LogP contribution in [-0.2, 0) is 28.3 Å². The van der Waals surface area contributed by atoms with Crippen LogP contribution in [0.2, 0.25) is 19.6 Å². The molecule has 0 heterocycles. The Kier molecular flexibility index (Phi) is 8.01. The molecule has 8 heteroatoms. The number of hydrogen-bond acceptors (Lipinski definition) is 7. The van der Waals surface area contributed by atoms with Gasteiger partial charge in [-0.2, -0.15) is 0 Å². The van der Waals surface area contributed by atoms with E-state index < -0.39 is 32.5 Å². The zero-order chi connectivity index (χ0) is 18.3. The van der Waals surface area contributed by atoms with Crippen LogP contribution in [0, 0.1) is 0 Å². The predicted octanol–water partition coefficient (Wildman–Crippen LogP) is 2.63. The van der Waals surface area contributed by atoms with Crippen molar-refractivity contribution in [2.24, 2.45) is 5.16 Å². The van der Waals surface area contributed by atoms with E-state index in [2.05, 4.69) is 11.7 Å². The highest BCUT2D eigenvalue weighted by Gasteiger charge is 2.28. The van der Waals surface area contributed by atoms with Gasteiger partial charge in [0.15, 0.2) is 0 Å². The van der Waals surface area contributed by atoms with Gasteiger partial charge in [-0.15, -0.1) is 0 Å². The molecular weight excluding hydrogens is 318 g/mol. The van der Waals surface area contributed by atoms with E-state index in [1.54, 1.807) is 27.7 Å². The number of hydrogen-bond donors (Lipinski definition) is 0. The molecular formula is C15H27NO6Si. The second kappa shape index (κ2) is 8.71. The highest BCUT2D eigenvalue weighted by molar-refractivity contribution is 6.70. The molecule has 0 bridgehead atoms. The van der Waals surface area contributed by atoms with Crippen molar-refractivity contribution in [3.63, 3.8) is 0 Å². The second-order valence-corrected chi connectivity index (χ2v) is 11.1. The van der Waals surface area contributed by atoms with Crippen molar-refractivity contribution in [2.45, 2.75) is 52.9 Å². The van der Waals surface area contributed by atoms with Gasteiger partial charge in [0.1, 0.15) is 11.4 Å². The zero-order valence-corrected chi connectivity index (χ0v) is 16.0. The van der Waals surface area contributed by atoms with Crippen LogP contribution < -0.4 is 0 Å². The molecule has 0 aromatic rings. The Morgan fingerprint density at radius 3 is 2.17 bits per heavy atom. The SMILES string of the molecule is C=C(O[Si](C)(C)C)/C(=N/OCC(=O)OCC)C(=O)OC(C)(C)C. The predicted molar refractivity (Wildman–Crippen MR) is 89.4 cm³/mol. The normalized spacial score (nSPS) is 12.4. The highest BCUT2D eigenvalue weighted by atomic mass is 28.4. The van der Waals surface area contributed by atoms with Gasteiger partial charge in [0.25, 0.3) is 0 Å². The number of nitrogens with zero attached hydrogens (tertiary/aromatic N) is 1. The fourth-order valence-electron chi connectivity index (χ4n) is 1.30. The Hall–Kier alpha value is -1.83. The molecule has 0 radical (unpaired) electrons. The molecule has 0 fully saturated rings. The lowest BCUT2D eigenvalue weighted by atomic mass is 10.2. The Morgan fingerprint density at radius 2 is 1.74 bits per heavy atom. The summed E-state index contributed by atoms with van der Waals surface area (Å²) in [7, 11) is -2.00. The molecule has 0 aliphatic heterocycles. The summed E-state index contributed by atoms with van der Waals surface area (Å²) in [6, 6.07) is 0. The van der Waals surface area contributed by atoms with Gasteiger partial charge in [-0.05, 0) is 47.3 Å². The Bertz CT molecular complexity index is 443. The average molecular weight is 345 g/mol. The summed E-state index contributed by atoms with van der Waals surface area (Å²) in [4.78, 5) is 28.3. The van der Waals surface area contributed by atoms with Gasteiger partial charge >= 0.3 is 11.9 Å². The Labute approximate surface area is 138 Å². The average Bonchev–Trinajstić information content (AvgIpc) is 2.30. The molecule has 23 heavy (non-hydrogen) atoms. The summed E-state index contributed by atoms with van der Waals surface area (Å²) in [5.74, 6) is -1.26. The molecule has 0 aromatic heterocycles. The summed E-state index contributed by atoms with van der Waals surface area (Å²) in [5.41, 5.74) is -0.912. The zero-order valence-electron chi connectivity index (χ0n) is 15.0. The van der Waals surface area contributed by atoms with Gasteiger partial charge in [-0.3, -0.25) is 0 Å². The van der Waals surface area contributed by atoms with Crippen LogP contribution in [-0.4, -0.2) is 44.8 Å². The molecule has 0 aromatic carbocycles. The lowest BCUT2D eigenvalue weighted by Gasteiger charge is -2.23. The van der Waals surface area contributed by atoms with Crippen molar-refractivity contribution in [3.05, 3.63) is 12.3 Å². The minimum Gasteiger partial charge on any atom is -0.543 e. The maximum Gasteiger partial charge on any atom is 0.364 e. The van der Waals surface area contributed by atoms with E-state index in [9.17, 15) is 9.59 Å². The van der Waals surface area contributed by atoms with E-state index in [4.69, 9.17) is 18.7 Å². The van der Waals surface area contributed by atoms with Crippen molar-refractivity contribution in [3.8, 4) is 0 Å². The lowest BCUT2D eigenvalue weighted by Crippen LogP contribution is -2.34. The van der Waals surface area contributed by atoms with Gasteiger partial charge in [0.2, 0.25) is 20.6 Å². The summed E-state index contributed by atoms with van der Waals surface area (Å²) in [6.07, 6.45) is 0. The number of rotatable bonds is 8. The molecule has 0 amide bonds. The Morgan fingerprint density at radius 1 is 1.17 bits per heavy atom. The molecule has 0 N–H and O–H groups in total. The van der Waals surface area contributed by atoms with E-state index in [0.717, 1.165) is 0 Å². The molecule has 0 aliphatic carbocycles. The first-order chi connectivity index (χ1) is 10.4. The van der Waals surface area contributed by atoms with E-state index in [1.165, 1.54) is 0 Å². The van der Waals surface area contributed by atoms with E-state index in [1.807, 2.05) is 19.6 Å². The van der Waals surface area contributed by atoms with Crippen LogP contribution in [0.1, 0.15) is 27.7 Å². The lowest BCUT2D eigenvalue weighted by molar-refractivity contribution is -0.150. The molecule has 132 valence electrons. The topological polar surface area (TPSA) is 83.4 Å². The van der Waals surface area contributed by atoms with Crippen LogP contribution in [0.15, 0.2) is 17.5 Å². The fourth-order valence-corrected chi connectivity index (χ4v) is 2.13. The van der Waals surface area contributed by atoms with Crippen LogP contribution in [0.3, 0.4) is 0 Å². The van der Waals surface area contributed by atoms with Gasteiger partial charge in [0, 0.05) is 0 Å². The molecule has 0 saturated carbocycles. The number of carbonyl (C=O) groups excluding carboxylic acids is 2. The minimum absolute atomic E-state index is 0.0577. The summed E-state index contributed by atoms with van der Waals surface area (Å²) in [5, 5.41) is 3.65. The van der Waals surface area contributed by atoms with E-state index >= 15 is 0 Å². The highest BCUT2D eigenvalue weighted by Crippen LogP contribution is 2.14. The van der Waals surface area contributed by atoms with Crippen molar-refractivity contribution in [1.29, 1.82) is 0 Å². The number of esters is 2. The van der Waals surface area contributed by atoms with Crippen molar-refractivity contribution in [2.75, 3.05) is 13.2 Å². The molecule has 0 saturated heterocycles. The first kappa shape index (κ1) is 21.2. The van der Waals surface area contributed by atoms with Gasteiger partial charge < -0.3 is 18.7 Å². The van der Waals surface area contributed by atoms with E-state index in [0.29, 0.717) is 0 Å². The van der Waals surface area contributed by atoms with Crippen molar-refractivity contribution < 1.29 is 28.3 Å². The number of ether oxygens (including phenoxy) is 2. The van der Waals surface area contributed by atoms with Gasteiger partial charge in [-0.1, -0.05) is 11.7 Å². The molecule has 0 aliphatic rings. The summed E-state index contributed by atoms with van der Waals surface area (Å²) >= 11 is 0. The number of oxime groups is 1. The van der Waals surface area contributed by atoms with Crippen molar-refractivity contribution >= 4 is 26.0 Å². The van der Waals surface area contributed by atoms with E-state index in [-0.39, 0.29) is 18.1 Å². The number of carbonyl (C=O) groups is 2. The third-order valence-electron chi connectivity index (χ3n) is 1.93. The van der Waals surface area contributed by atoms with Crippen molar-refractivity contribution in [1.82, 2.24) is 0 Å². The first-order valence-electron chi connectivity index (χ1n) is 7.33. The fraction of sp³-hybridized carbons (Fsp3) is 0.667. The molecule has 0 atom stereocenters. The quantitative estimate of drug-likeness (QED) is 0.221. The largest absolute Gasteiger partial charge is 0.543 e. The molecule has 0 spiro atoms. The minimum atomic E-state index is -2.00. The third kappa shape index (κ3) is 10.5. The third-order valence-corrected chi connectivity index (χ3v) is 2.79. The van der Waals surface area contributed by atoms with Gasteiger partial charge in [-0.25, -0.2) is 9.59 Å². The molecule has 0 unspecified atom stereocenters. The maximum absolute atomic E-state index is 12.2. The first-order valence-corrected chi connectivity index (χ1v) is 10.7. The summed E-state index contributed by atoms with van der Waals surface area (Å²) < 4.78 is 15.6. The second-order valence-electron chi connectivity index (χ2n) is 6.66. The Balaban J connectivity index is 5.10. The standard InChI is InChI=1S/C15H27NO6Si/c1-9-19-12(17)10-20-16-13(11(2)22-23(6,7)8)14(18)21-15(3,4)5/h2,9-10H2,1,3-8H3/b16-13-.